The summed E-state index contributed by atoms with van der Waals surface area (Å²) in [4.78, 5) is 9.02. The van der Waals surface area contributed by atoms with Crippen molar-refractivity contribution in [2.24, 2.45) is 0 Å². The second-order valence-corrected chi connectivity index (χ2v) is 9.84. The third-order valence-corrected chi connectivity index (χ3v) is 6.34. The van der Waals surface area contributed by atoms with Crippen molar-refractivity contribution in [2.75, 3.05) is 0 Å². The van der Waals surface area contributed by atoms with Gasteiger partial charge >= 0.3 is 21.1 Å². The van der Waals surface area contributed by atoms with Gasteiger partial charge in [-0.3, -0.25) is 0 Å². The van der Waals surface area contributed by atoms with Gasteiger partial charge in [-0.1, -0.05) is 50.4 Å². The quantitative estimate of drug-likeness (QED) is 0.180. The van der Waals surface area contributed by atoms with E-state index in [1.807, 2.05) is 42.6 Å². The largest absolute Gasteiger partial charge is 2.00 e. The van der Waals surface area contributed by atoms with E-state index in [9.17, 15) is 0 Å². The predicted molar refractivity (Wildman–Crippen MR) is 145 cm³/mol. The van der Waals surface area contributed by atoms with E-state index in [4.69, 9.17) is 9.72 Å². The van der Waals surface area contributed by atoms with Gasteiger partial charge in [-0.05, 0) is 46.1 Å². The third-order valence-electron chi connectivity index (χ3n) is 6.34. The minimum atomic E-state index is 0. The van der Waals surface area contributed by atoms with Crippen LogP contribution in [-0.2, 0) is 26.5 Å². The Morgan fingerprint density at radius 3 is 2.35 bits per heavy atom. The summed E-state index contributed by atoms with van der Waals surface area (Å²) in [5, 5.41) is 2.31. The molecule has 3 aromatic heterocycles. The topological polar surface area (TPSA) is 39.9 Å². The molecule has 0 amide bonds. The van der Waals surface area contributed by atoms with Crippen LogP contribution in [0.15, 0.2) is 97.3 Å². The third kappa shape index (κ3) is 4.82. The van der Waals surface area contributed by atoms with Gasteiger partial charge in [-0.15, -0.1) is 18.2 Å². The molecule has 37 heavy (non-hydrogen) atoms. The first-order valence-electron chi connectivity index (χ1n) is 12.0. The Kier molecular flexibility index (Phi) is 6.70. The van der Waals surface area contributed by atoms with Gasteiger partial charge in [0.2, 0.25) is 5.88 Å². The van der Waals surface area contributed by atoms with Gasteiger partial charge < -0.3 is 9.30 Å². The zero-order chi connectivity index (χ0) is 24.7. The molecule has 0 bridgehead atoms. The van der Waals surface area contributed by atoms with Crippen molar-refractivity contribution >= 4 is 21.8 Å². The number of fused-ring (bicyclic) bond motifs is 3. The fraction of sp³-hybridized carbons (Fsp3) is 0.125. The van der Waals surface area contributed by atoms with Crippen molar-refractivity contribution in [2.45, 2.75) is 26.2 Å². The number of aromatic nitrogens is 3. The van der Waals surface area contributed by atoms with Gasteiger partial charge in [0, 0.05) is 29.7 Å². The maximum Gasteiger partial charge on any atom is 2.00 e. The van der Waals surface area contributed by atoms with Gasteiger partial charge in [0.15, 0.2) is 0 Å². The number of hydrogen-bond acceptors (Lipinski definition) is 3. The van der Waals surface area contributed by atoms with Crippen molar-refractivity contribution in [3.8, 4) is 28.6 Å². The SMILES string of the molecule is CC(C)(C)c1ccnc(-n2c3[c-]c(-c4[c-]c(Oc5ccccn5)ccc4)ccc3c3ccccc32)c1.[Pt+2]. The average molecular weight is 663 g/mol. The molecule has 0 spiro atoms. The average Bonchev–Trinajstić information content (AvgIpc) is 3.23. The predicted octanol–water partition coefficient (Wildman–Crippen LogP) is 7.93. The molecule has 3 aromatic carbocycles. The van der Waals surface area contributed by atoms with E-state index in [0.717, 1.165) is 33.4 Å². The maximum atomic E-state index is 5.92. The first-order valence-corrected chi connectivity index (χ1v) is 12.0. The zero-order valence-corrected chi connectivity index (χ0v) is 23.1. The van der Waals surface area contributed by atoms with Crippen LogP contribution in [0.3, 0.4) is 0 Å². The van der Waals surface area contributed by atoms with Crippen LogP contribution in [0.1, 0.15) is 26.3 Å². The summed E-state index contributed by atoms with van der Waals surface area (Å²) in [7, 11) is 0. The Labute approximate surface area is 231 Å². The van der Waals surface area contributed by atoms with E-state index in [-0.39, 0.29) is 26.5 Å². The Morgan fingerprint density at radius 2 is 1.54 bits per heavy atom. The molecule has 0 unspecified atom stereocenters. The van der Waals surface area contributed by atoms with Crippen LogP contribution >= 0.6 is 0 Å². The second kappa shape index (κ2) is 9.95. The van der Waals surface area contributed by atoms with Crippen LogP contribution in [0.2, 0.25) is 0 Å². The summed E-state index contributed by atoms with van der Waals surface area (Å²) in [6.45, 7) is 6.66. The molecular weight excluding hydrogens is 637 g/mol. The number of nitrogens with zero attached hydrogens (tertiary/aromatic N) is 3. The summed E-state index contributed by atoms with van der Waals surface area (Å²) in [6, 6.07) is 35.5. The maximum absolute atomic E-state index is 5.92. The van der Waals surface area contributed by atoms with Gasteiger partial charge in [-0.25, -0.2) is 21.1 Å². The molecule has 0 N–H and O–H groups in total. The molecule has 4 nitrogen and oxygen atoms in total. The first kappa shape index (κ1) is 24.9. The molecule has 0 saturated carbocycles. The molecule has 0 aliphatic carbocycles. The van der Waals surface area contributed by atoms with Crippen LogP contribution in [-0.4, -0.2) is 14.5 Å². The van der Waals surface area contributed by atoms with Crippen LogP contribution < -0.4 is 4.74 Å². The number of benzene rings is 3. The van der Waals surface area contributed by atoms with E-state index < -0.39 is 0 Å². The molecule has 6 rings (SSSR count). The summed E-state index contributed by atoms with van der Waals surface area (Å²) in [5.41, 5.74) is 5.19. The number of rotatable bonds is 4. The minimum absolute atomic E-state index is 0. The molecule has 0 aliphatic heterocycles. The standard InChI is InChI=1S/C32H25N3O.Pt/c1-32(2,3)24-16-18-33-30(21-24)35-28-12-5-4-11-26(28)27-15-14-23(20-29(27)35)22-9-8-10-25(19-22)36-31-13-6-7-17-34-31;/h4-18,21H,1-3H3;/q-2;+2. The van der Waals surface area contributed by atoms with Crippen LogP contribution in [0.4, 0.5) is 0 Å². The summed E-state index contributed by atoms with van der Waals surface area (Å²) in [5.74, 6) is 2.04. The first-order chi connectivity index (χ1) is 17.5. The van der Waals surface area contributed by atoms with Gasteiger partial charge in [0.1, 0.15) is 5.82 Å². The Balaban J connectivity index is 0.00000280. The van der Waals surface area contributed by atoms with E-state index >= 15 is 0 Å². The molecular formula is C32H25N3OPt. The van der Waals surface area contributed by atoms with Crippen molar-refractivity contribution in [3.63, 3.8) is 0 Å². The summed E-state index contributed by atoms with van der Waals surface area (Å²) < 4.78 is 8.12. The molecule has 6 aromatic rings. The molecule has 0 aliphatic rings. The fourth-order valence-electron chi connectivity index (χ4n) is 4.48. The molecule has 0 radical (unpaired) electrons. The molecule has 184 valence electrons. The van der Waals surface area contributed by atoms with Crippen LogP contribution in [0.5, 0.6) is 11.6 Å². The smallest absolute Gasteiger partial charge is 0.460 e. The summed E-state index contributed by atoms with van der Waals surface area (Å²) in [6.07, 6.45) is 3.61. The minimum Gasteiger partial charge on any atom is -0.460 e. The molecule has 5 heteroatoms. The number of hydrogen-bond donors (Lipinski definition) is 0. The molecule has 0 fully saturated rings. The second-order valence-electron chi connectivity index (χ2n) is 9.84. The van der Waals surface area contributed by atoms with E-state index in [2.05, 4.69) is 91.0 Å². The fourth-order valence-corrected chi connectivity index (χ4v) is 4.48. The monoisotopic (exact) mass is 662 g/mol. The van der Waals surface area contributed by atoms with Crippen molar-refractivity contribution in [3.05, 3.63) is 115 Å². The van der Waals surface area contributed by atoms with Crippen molar-refractivity contribution < 1.29 is 25.8 Å². The van der Waals surface area contributed by atoms with E-state index in [1.54, 1.807) is 6.20 Å². The molecule has 0 saturated heterocycles. The molecule has 0 atom stereocenters. The number of ether oxygens (including phenoxy) is 1. The number of para-hydroxylation sites is 1. The Bertz CT molecular complexity index is 1700. The van der Waals surface area contributed by atoms with E-state index in [0.29, 0.717) is 11.6 Å². The van der Waals surface area contributed by atoms with Gasteiger partial charge in [0.25, 0.3) is 0 Å². The Morgan fingerprint density at radius 1 is 0.730 bits per heavy atom. The molecule has 3 heterocycles. The van der Waals surface area contributed by atoms with Crippen LogP contribution in [0, 0.1) is 12.1 Å². The zero-order valence-electron chi connectivity index (χ0n) is 20.8. The van der Waals surface area contributed by atoms with Crippen molar-refractivity contribution in [1.82, 2.24) is 14.5 Å². The number of pyridine rings is 2. The Hall–Kier alpha value is -3.75. The normalized spacial score (nSPS) is 11.4. The van der Waals surface area contributed by atoms with Crippen molar-refractivity contribution in [1.29, 1.82) is 0 Å². The van der Waals surface area contributed by atoms with Crippen LogP contribution in [0.25, 0.3) is 38.8 Å². The summed E-state index contributed by atoms with van der Waals surface area (Å²) >= 11 is 0. The van der Waals surface area contributed by atoms with E-state index in [1.165, 1.54) is 10.9 Å². The van der Waals surface area contributed by atoms with Gasteiger partial charge in [0.05, 0.1) is 0 Å². The van der Waals surface area contributed by atoms with Gasteiger partial charge in [-0.2, -0.15) is 24.3 Å².